The van der Waals surface area contributed by atoms with E-state index < -0.39 is 0 Å². The number of nitrogens with one attached hydrogen (secondary N) is 1. The lowest BCUT2D eigenvalue weighted by Crippen LogP contribution is -2.10. The van der Waals surface area contributed by atoms with Crippen LogP contribution < -0.4 is 10.1 Å². The van der Waals surface area contributed by atoms with E-state index >= 15 is 0 Å². The standard InChI is InChI=1S/C15H20BrN3O2/c1-3-21-8-4-5-17-15-18-6-7-19(15)13-9-12(16)10-14(11-13)20-2/h6-7,9-11H,3-5,8H2,1-2H3,(H,17,18). The number of hydrogen-bond acceptors (Lipinski definition) is 4. The van der Waals surface area contributed by atoms with Crippen LogP contribution in [0.3, 0.4) is 0 Å². The topological polar surface area (TPSA) is 48.3 Å². The van der Waals surface area contributed by atoms with Gasteiger partial charge in [-0.15, -0.1) is 0 Å². The van der Waals surface area contributed by atoms with Gasteiger partial charge in [0.15, 0.2) is 0 Å². The molecule has 0 saturated carbocycles. The van der Waals surface area contributed by atoms with Crippen LogP contribution in [0.4, 0.5) is 5.95 Å². The van der Waals surface area contributed by atoms with Crippen molar-refractivity contribution in [1.29, 1.82) is 0 Å². The first-order valence-corrected chi connectivity index (χ1v) is 7.73. The van der Waals surface area contributed by atoms with Crippen molar-refractivity contribution in [3.63, 3.8) is 0 Å². The van der Waals surface area contributed by atoms with Crippen molar-refractivity contribution in [2.45, 2.75) is 13.3 Å². The summed E-state index contributed by atoms with van der Waals surface area (Å²) in [5.41, 5.74) is 0.992. The number of imidazole rings is 1. The van der Waals surface area contributed by atoms with E-state index in [0.29, 0.717) is 0 Å². The lowest BCUT2D eigenvalue weighted by Gasteiger charge is -2.11. The van der Waals surface area contributed by atoms with Crippen molar-refractivity contribution in [3.05, 3.63) is 35.1 Å². The zero-order chi connectivity index (χ0) is 15.1. The fraction of sp³-hybridized carbons (Fsp3) is 0.400. The van der Waals surface area contributed by atoms with Crippen molar-refractivity contribution in [2.24, 2.45) is 0 Å². The van der Waals surface area contributed by atoms with Crippen LogP contribution in [0.2, 0.25) is 0 Å². The van der Waals surface area contributed by atoms with Crippen molar-refractivity contribution < 1.29 is 9.47 Å². The van der Waals surface area contributed by atoms with Crippen LogP contribution in [0.15, 0.2) is 35.1 Å². The molecule has 0 saturated heterocycles. The molecule has 2 rings (SSSR count). The molecule has 6 heteroatoms. The summed E-state index contributed by atoms with van der Waals surface area (Å²) in [6.45, 7) is 4.34. The molecule has 0 fully saturated rings. The van der Waals surface area contributed by atoms with Crippen LogP contribution >= 0.6 is 15.9 Å². The van der Waals surface area contributed by atoms with Gasteiger partial charge in [-0.3, -0.25) is 4.57 Å². The van der Waals surface area contributed by atoms with Gasteiger partial charge < -0.3 is 14.8 Å². The number of hydrogen-bond donors (Lipinski definition) is 1. The second-order valence-electron chi connectivity index (χ2n) is 4.45. The van der Waals surface area contributed by atoms with Gasteiger partial charge >= 0.3 is 0 Å². The average Bonchev–Trinajstić information content (AvgIpc) is 2.95. The Morgan fingerprint density at radius 2 is 2.19 bits per heavy atom. The Labute approximate surface area is 133 Å². The fourth-order valence-corrected chi connectivity index (χ4v) is 2.43. The van der Waals surface area contributed by atoms with Gasteiger partial charge in [0.25, 0.3) is 0 Å². The fourth-order valence-electron chi connectivity index (χ4n) is 1.97. The molecule has 0 aliphatic heterocycles. The highest BCUT2D eigenvalue weighted by Crippen LogP contribution is 2.25. The molecule has 21 heavy (non-hydrogen) atoms. The Morgan fingerprint density at radius 1 is 1.33 bits per heavy atom. The first-order valence-electron chi connectivity index (χ1n) is 6.94. The Hall–Kier alpha value is -1.53. The van der Waals surface area contributed by atoms with Crippen LogP contribution in [0.25, 0.3) is 5.69 Å². The van der Waals surface area contributed by atoms with Gasteiger partial charge in [-0.1, -0.05) is 15.9 Å². The number of halogens is 1. The highest BCUT2D eigenvalue weighted by Gasteiger charge is 2.07. The van der Waals surface area contributed by atoms with Crippen LogP contribution in [-0.4, -0.2) is 36.4 Å². The third kappa shape index (κ3) is 4.47. The average molecular weight is 354 g/mol. The normalized spacial score (nSPS) is 10.6. The Kier molecular flexibility index (Phi) is 6.07. The van der Waals surface area contributed by atoms with Crippen molar-refractivity contribution in [2.75, 3.05) is 32.2 Å². The number of benzene rings is 1. The van der Waals surface area contributed by atoms with Gasteiger partial charge in [0.1, 0.15) is 5.75 Å². The van der Waals surface area contributed by atoms with E-state index in [4.69, 9.17) is 9.47 Å². The van der Waals surface area contributed by atoms with Crippen molar-refractivity contribution in [3.8, 4) is 11.4 Å². The van der Waals surface area contributed by atoms with E-state index in [1.54, 1.807) is 13.3 Å². The summed E-state index contributed by atoms with van der Waals surface area (Å²) in [6, 6.07) is 5.92. The first-order chi connectivity index (χ1) is 10.2. The first kappa shape index (κ1) is 15.9. The Balaban J connectivity index is 2.07. The van der Waals surface area contributed by atoms with Crippen molar-refractivity contribution in [1.82, 2.24) is 9.55 Å². The molecule has 0 spiro atoms. The van der Waals surface area contributed by atoms with Crippen LogP contribution in [0, 0.1) is 0 Å². The molecule has 1 N–H and O–H groups in total. The molecule has 1 aromatic carbocycles. The largest absolute Gasteiger partial charge is 0.497 e. The highest BCUT2D eigenvalue weighted by atomic mass is 79.9. The van der Waals surface area contributed by atoms with E-state index in [2.05, 4.69) is 26.2 Å². The molecule has 0 aliphatic rings. The predicted octanol–water partition coefficient (Wildman–Crippen LogP) is 3.48. The molecular formula is C15H20BrN3O2. The van der Waals surface area contributed by atoms with E-state index in [1.165, 1.54) is 0 Å². The van der Waals surface area contributed by atoms with Crippen LogP contribution in [-0.2, 0) is 4.74 Å². The summed E-state index contributed by atoms with van der Waals surface area (Å²) in [6.07, 6.45) is 4.65. The quantitative estimate of drug-likeness (QED) is 0.738. The number of rotatable bonds is 8. The predicted molar refractivity (Wildman–Crippen MR) is 87.4 cm³/mol. The summed E-state index contributed by atoms with van der Waals surface area (Å²) >= 11 is 3.49. The van der Waals surface area contributed by atoms with Gasteiger partial charge in [0.2, 0.25) is 5.95 Å². The molecule has 0 atom stereocenters. The molecular weight excluding hydrogens is 334 g/mol. The van der Waals surface area contributed by atoms with Gasteiger partial charge in [0.05, 0.1) is 12.8 Å². The molecule has 2 aromatic rings. The summed E-state index contributed by atoms with van der Waals surface area (Å²) in [5.74, 6) is 1.61. The molecule has 1 aromatic heterocycles. The number of ether oxygens (including phenoxy) is 2. The van der Waals surface area contributed by atoms with E-state index in [1.807, 2.05) is 35.9 Å². The van der Waals surface area contributed by atoms with E-state index in [0.717, 1.165) is 48.0 Å². The summed E-state index contributed by atoms with van der Waals surface area (Å²) in [5, 5.41) is 3.32. The van der Waals surface area contributed by atoms with E-state index in [-0.39, 0.29) is 0 Å². The monoisotopic (exact) mass is 353 g/mol. The molecule has 0 amide bonds. The minimum absolute atomic E-state index is 0.756. The highest BCUT2D eigenvalue weighted by molar-refractivity contribution is 9.10. The third-order valence-corrected chi connectivity index (χ3v) is 3.42. The molecule has 0 radical (unpaired) electrons. The molecule has 0 unspecified atom stereocenters. The molecule has 5 nitrogen and oxygen atoms in total. The smallest absolute Gasteiger partial charge is 0.207 e. The van der Waals surface area contributed by atoms with Gasteiger partial charge in [0, 0.05) is 42.7 Å². The van der Waals surface area contributed by atoms with Crippen LogP contribution in [0.5, 0.6) is 5.75 Å². The maximum Gasteiger partial charge on any atom is 0.207 e. The van der Waals surface area contributed by atoms with Crippen molar-refractivity contribution >= 4 is 21.9 Å². The summed E-state index contributed by atoms with van der Waals surface area (Å²) in [7, 11) is 1.66. The number of aromatic nitrogens is 2. The minimum Gasteiger partial charge on any atom is -0.497 e. The SMILES string of the molecule is CCOCCCNc1nccn1-c1cc(Br)cc(OC)c1. The second-order valence-corrected chi connectivity index (χ2v) is 5.36. The molecule has 114 valence electrons. The maximum absolute atomic E-state index is 5.32. The van der Waals surface area contributed by atoms with Crippen LogP contribution in [0.1, 0.15) is 13.3 Å². The Bertz CT molecular complexity index is 572. The van der Waals surface area contributed by atoms with E-state index in [9.17, 15) is 0 Å². The van der Waals surface area contributed by atoms with Gasteiger partial charge in [-0.05, 0) is 25.5 Å². The zero-order valence-electron chi connectivity index (χ0n) is 12.3. The minimum atomic E-state index is 0.756. The zero-order valence-corrected chi connectivity index (χ0v) is 13.9. The number of nitrogens with zero attached hydrogens (tertiary/aromatic N) is 2. The number of methoxy groups -OCH3 is 1. The second kappa shape index (κ2) is 8.05. The Morgan fingerprint density at radius 3 is 2.95 bits per heavy atom. The lowest BCUT2D eigenvalue weighted by molar-refractivity contribution is 0.147. The van der Waals surface area contributed by atoms with Gasteiger partial charge in [-0.2, -0.15) is 0 Å². The summed E-state index contributed by atoms with van der Waals surface area (Å²) in [4.78, 5) is 4.35. The lowest BCUT2D eigenvalue weighted by atomic mass is 10.3. The summed E-state index contributed by atoms with van der Waals surface area (Å²) < 4.78 is 13.6. The maximum atomic E-state index is 5.32. The molecule has 0 aliphatic carbocycles. The third-order valence-electron chi connectivity index (χ3n) is 2.96. The number of anilines is 1. The van der Waals surface area contributed by atoms with Gasteiger partial charge in [-0.25, -0.2) is 4.98 Å². The molecule has 1 heterocycles. The molecule has 0 bridgehead atoms.